The first kappa shape index (κ1) is 32.6. The van der Waals surface area contributed by atoms with Crippen molar-refractivity contribution in [2.75, 3.05) is 11.9 Å². The standard InChI is InChI=1S/C25H32Cl2N4O7S/c1-14(2)23(30-20(32)7-5-4-6-10-31-21(33)8-9-22(31)34)25(36)28-15(3)24(35)29-19-12-17(26)16(11-18(19)27)13-39-38-37/h8-9,11-12,14-15,23,37H,4-7,10,13H2,1-3H3,(H,28,36)(H,29,35)(H,30,32)/t15-,23-/m0/s1. The van der Waals surface area contributed by atoms with Gasteiger partial charge < -0.3 is 16.0 Å². The van der Waals surface area contributed by atoms with E-state index in [-0.39, 0.29) is 46.5 Å². The average Bonchev–Trinajstić information content (AvgIpc) is 3.19. The molecule has 0 radical (unpaired) electrons. The van der Waals surface area contributed by atoms with E-state index in [1.54, 1.807) is 13.8 Å². The Morgan fingerprint density at radius 1 is 0.974 bits per heavy atom. The van der Waals surface area contributed by atoms with Gasteiger partial charge in [0.05, 0.1) is 10.7 Å². The Labute approximate surface area is 241 Å². The molecule has 0 fully saturated rings. The van der Waals surface area contributed by atoms with Gasteiger partial charge in [-0.2, -0.15) is 4.33 Å². The zero-order chi connectivity index (χ0) is 29.1. The number of carbonyl (C=O) groups excluding carboxylic acids is 5. The second-order valence-corrected chi connectivity index (χ2v) is 10.7. The molecule has 2 rings (SSSR count). The van der Waals surface area contributed by atoms with Crippen molar-refractivity contribution in [1.82, 2.24) is 15.5 Å². The Balaban J connectivity index is 1.82. The van der Waals surface area contributed by atoms with E-state index in [4.69, 9.17) is 28.5 Å². The van der Waals surface area contributed by atoms with Gasteiger partial charge in [0.25, 0.3) is 11.8 Å². The molecule has 0 unspecified atom stereocenters. The van der Waals surface area contributed by atoms with Crippen molar-refractivity contribution in [3.63, 3.8) is 0 Å². The molecule has 5 amide bonds. The Kier molecular flexibility index (Phi) is 13.2. The van der Waals surface area contributed by atoms with Crippen LogP contribution in [-0.4, -0.2) is 58.3 Å². The molecule has 0 aliphatic carbocycles. The number of anilines is 1. The summed E-state index contributed by atoms with van der Waals surface area (Å²) < 4.78 is 3.97. The van der Waals surface area contributed by atoms with Crippen molar-refractivity contribution in [2.45, 2.75) is 64.3 Å². The van der Waals surface area contributed by atoms with Crippen LogP contribution in [0, 0.1) is 5.92 Å². The molecule has 4 N–H and O–H groups in total. The first-order chi connectivity index (χ1) is 18.4. The number of amides is 5. The molecule has 11 nitrogen and oxygen atoms in total. The third kappa shape index (κ3) is 10.1. The molecule has 0 saturated carbocycles. The number of hydrogen-bond donors (Lipinski definition) is 4. The second-order valence-electron chi connectivity index (χ2n) is 9.24. The summed E-state index contributed by atoms with van der Waals surface area (Å²) in [4.78, 5) is 62.3. The van der Waals surface area contributed by atoms with Crippen LogP contribution in [0.4, 0.5) is 5.69 Å². The van der Waals surface area contributed by atoms with Crippen molar-refractivity contribution in [2.24, 2.45) is 5.92 Å². The highest BCUT2D eigenvalue weighted by Gasteiger charge is 2.27. The molecule has 1 aliphatic rings. The number of benzene rings is 1. The van der Waals surface area contributed by atoms with Crippen molar-refractivity contribution in [3.05, 3.63) is 39.9 Å². The minimum absolute atomic E-state index is 0.172. The number of carbonyl (C=O) groups is 5. The molecule has 14 heteroatoms. The van der Waals surface area contributed by atoms with E-state index in [1.807, 2.05) is 0 Å². The lowest BCUT2D eigenvalue weighted by Crippen LogP contribution is -2.53. The molecular formula is C25H32Cl2N4O7S. The number of rotatable bonds is 15. The van der Waals surface area contributed by atoms with E-state index in [0.29, 0.717) is 36.4 Å². The molecule has 1 heterocycles. The van der Waals surface area contributed by atoms with E-state index < -0.39 is 23.9 Å². The van der Waals surface area contributed by atoms with E-state index in [9.17, 15) is 24.0 Å². The highest BCUT2D eigenvalue weighted by atomic mass is 35.5. The van der Waals surface area contributed by atoms with Crippen LogP contribution in [0.15, 0.2) is 24.3 Å². The van der Waals surface area contributed by atoms with Crippen molar-refractivity contribution >= 4 is 70.5 Å². The Bertz CT molecular complexity index is 1100. The van der Waals surface area contributed by atoms with Gasteiger partial charge in [-0.05, 0) is 43.4 Å². The number of unbranched alkanes of at least 4 members (excludes halogenated alkanes) is 2. The summed E-state index contributed by atoms with van der Waals surface area (Å²) in [6, 6.07) is 1.18. The number of imide groups is 1. The topological polar surface area (TPSA) is 154 Å². The molecule has 0 saturated heterocycles. The van der Waals surface area contributed by atoms with E-state index in [0.717, 1.165) is 16.9 Å². The molecular weight excluding hydrogens is 571 g/mol. The fourth-order valence-electron chi connectivity index (χ4n) is 3.66. The van der Waals surface area contributed by atoms with Crippen molar-refractivity contribution in [1.29, 1.82) is 0 Å². The summed E-state index contributed by atoms with van der Waals surface area (Å²) in [7, 11) is 0. The van der Waals surface area contributed by atoms with Gasteiger partial charge in [0, 0.05) is 47.9 Å². The minimum Gasteiger partial charge on any atom is -0.344 e. The van der Waals surface area contributed by atoms with Gasteiger partial charge in [0.1, 0.15) is 12.1 Å². The van der Waals surface area contributed by atoms with Crippen LogP contribution >= 0.6 is 35.2 Å². The maximum absolute atomic E-state index is 12.9. The number of nitrogens with zero attached hydrogens (tertiary/aromatic N) is 1. The first-order valence-corrected chi connectivity index (χ1v) is 14.0. The van der Waals surface area contributed by atoms with Crippen LogP contribution in [0.5, 0.6) is 0 Å². The summed E-state index contributed by atoms with van der Waals surface area (Å²) in [6.45, 7) is 5.34. The zero-order valence-corrected chi connectivity index (χ0v) is 24.1. The number of halogens is 2. The minimum atomic E-state index is -0.950. The third-order valence-electron chi connectivity index (χ3n) is 5.86. The van der Waals surface area contributed by atoms with Crippen LogP contribution in [0.2, 0.25) is 10.0 Å². The maximum Gasteiger partial charge on any atom is 0.253 e. The van der Waals surface area contributed by atoms with Crippen molar-refractivity contribution in [3.8, 4) is 0 Å². The van der Waals surface area contributed by atoms with Crippen molar-refractivity contribution < 1.29 is 33.6 Å². The summed E-state index contributed by atoms with van der Waals surface area (Å²) in [6.07, 6.45) is 4.36. The second kappa shape index (κ2) is 15.8. The molecule has 1 aliphatic heterocycles. The van der Waals surface area contributed by atoms with Gasteiger partial charge in [0.2, 0.25) is 17.7 Å². The van der Waals surface area contributed by atoms with Crippen LogP contribution < -0.4 is 16.0 Å². The molecule has 39 heavy (non-hydrogen) atoms. The first-order valence-electron chi connectivity index (χ1n) is 12.3. The molecule has 0 spiro atoms. The van der Waals surface area contributed by atoms with Gasteiger partial charge in [-0.1, -0.05) is 43.5 Å². The van der Waals surface area contributed by atoms with Gasteiger partial charge in [0.15, 0.2) is 0 Å². The summed E-state index contributed by atoms with van der Waals surface area (Å²) in [5.41, 5.74) is 0.833. The van der Waals surface area contributed by atoms with Crippen LogP contribution in [0.25, 0.3) is 0 Å². The van der Waals surface area contributed by atoms with Crippen LogP contribution in [0.3, 0.4) is 0 Å². The Morgan fingerprint density at radius 2 is 1.64 bits per heavy atom. The molecule has 2 atom stereocenters. The quantitative estimate of drug-likeness (QED) is 0.0778. The fourth-order valence-corrected chi connectivity index (χ4v) is 4.62. The van der Waals surface area contributed by atoms with Gasteiger partial charge in [-0.15, -0.1) is 0 Å². The zero-order valence-electron chi connectivity index (χ0n) is 21.8. The average molecular weight is 604 g/mol. The van der Waals surface area contributed by atoms with E-state index in [1.165, 1.54) is 31.2 Å². The highest BCUT2D eigenvalue weighted by molar-refractivity contribution is 7.93. The maximum atomic E-state index is 12.9. The predicted octanol–water partition coefficient (Wildman–Crippen LogP) is 3.70. The van der Waals surface area contributed by atoms with Gasteiger partial charge >= 0.3 is 0 Å². The number of nitrogens with one attached hydrogen (secondary N) is 3. The van der Waals surface area contributed by atoms with E-state index in [2.05, 4.69) is 20.3 Å². The monoisotopic (exact) mass is 602 g/mol. The normalized spacial score (nSPS) is 14.5. The third-order valence-corrected chi connectivity index (χ3v) is 7.06. The molecule has 214 valence electrons. The fraction of sp³-hybridized carbons (Fsp3) is 0.480. The lowest BCUT2D eigenvalue weighted by atomic mass is 10.0. The summed E-state index contributed by atoms with van der Waals surface area (Å²) >= 11 is 13.2. The van der Waals surface area contributed by atoms with Gasteiger partial charge in [-0.3, -0.25) is 28.9 Å². The number of hydrogen-bond acceptors (Lipinski definition) is 8. The largest absolute Gasteiger partial charge is 0.344 e. The molecule has 0 bridgehead atoms. The lowest BCUT2D eigenvalue weighted by molar-refractivity contribution is -0.137. The van der Waals surface area contributed by atoms with Crippen LogP contribution in [0.1, 0.15) is 52.0 Å². The molecule has 0 aromatic heterocycles. The lowest BCUT2D eigenvalue weighted by Gasteiger charge is -2.24. The Hall–Kier alpha value is -2.64. The Morgan fingerprint density at radius 3 is 2.26 bits per heavy atom. The van der Waals surface area contributed by atoms with Crippen LogP contribution in [-0.2, 0) is 34.1 Å². The highest BCUT2D eigenvalue weighted by Crippen LogP contribution is 2.31. The smallest absolute Gasteiger partial charge is 0.253 e. The van der Waals surface area contributed by atoms with E-state index >= 15 is 0 Å². The summed E-state index contributed by atoms with van der Waals surface area (Å²) in [5, 5.41) is 16.9. The predicted molar refractivity (Wildman–Crippen MR) is 149 cm³/mol. The molecule has 1 aromatic carbocycles. The van der Waals surface area contributed by atoms with Gasteiger partial charge in [-0.25, -0.2) is 5.26 Å². The molecule has 1 aromatic rings. The SMILES string of the molecule is CC(C)[C@H](NC(=O)CCCCCN1C(=O)C=CC1=O)C(=O)N[C@@H](C)C(=O)Nc1cc(Cl)c(CSOO)cc1Cl. The summed E-state index contributed by atoms with van der Waals surface area (Å²) in [5.74, 6) is -2.05.